The van der Waals surface area contributed by atoms with Gasteiger partial charge in [-0.15, -0.1) is 0 Å². The molecule has 3 unspecified atom stereocenters. The van der Waals surface area contributed by atoms with Crippen LogP contribution < -0.4 is 5.32 Å². The van der Waals surface area contributed by atoms with E-state index in [0.717, 1.165) is 0 Å². The Kier molecular flexibility index (Phi) is 4.58. The summed E-state index contributed by atoms with van der Waals surface area (Å²) in [5, 5.41) is 2.97. The highest BCUT2D eigenvalue weighted by molar-refractivity contribution is 7.10. The summed E-state index contributed by atoms with van der Waals surface area (Å²) in [7, 11) is 3.77. The summed E-state index contributed by atoms with van der Waals surface area (Å²) in [6.07, 6.45) is 0. The molecule has 3 nitrogen and oxygen atoms in total. The van der Waals surface area contributed by atoms with Gasteiger partial charge in [0.25, 0.3) is 0 Å². The van der Waals surface area contributed by atoms with Crippen molar-refractivity contribution in [3.05, 3.63) is 0 Å². The lowest BCUT2D eigenvalue weighted by molar-refractivity contribution is -0.137. The Balaban J connectivity index is 3.81. The first-order chi connectivity index (χ1) is 4.63. The van der Waals surface area contributed by atoms with Crippen molar-refractivity contribution in [2.24, 2.45) is 5.92 Å². The van der Waals surface area contributed by atoms with Gasteiger partial charge in [0, 0.05) is 6.04 Å². The van der Waals surface area contributed by atoms with Crippen LogP contribution >= 0.6 is 9.47 Å². The van der Waals surface area contributed by atoms with Crippen LogP contribution in [0.25, 0.3) is 0 Å². The zero-order valence-corrected chi connectivity index (χ0v) is 7.70. The van der Waals surface area contributed by atoms with E-state index < -0.39 is 0 Å². The van der Waals surface area contributed by atoms with E-state index in [9.17, 15) is 4.79 Å². The Hall–Kier alpha value is -0.140. The minimum absolute atomic E-state index is 0.0949. The van der Waals surface area contributed by atoms with Gasteiger partial charge in [-0.3, -0.25) is 4.79 Å². The Morgan fingerprint density at radius 2 is 2.10 bits per heavy atom. The molecule has 60 valence electrons. The number of carbonyl (C=O) groups is 1. The lowest BCUT2D eigenvalue weighted by Crippen LogP contribution is -2.33. The minimum atomic E-state index is -0.202. The Bertz CT molecular complexity index is 118. The van der Waals surface area contributed by atoms with Gasteiger partial charge in [0.05, 0.1) is 15.4 Å². The first kappa shape index (κ1) is 9.86. The van der Waals surface area contributed by atoms with Gasteiger partial charge in [0.2, 0.25) is 0 Å². The number of rotatable bonds is 3. The molecule has 0 aliphatic rings. The molecule has 0 saturated carbocycles. The molecule has 0 aromatic carbocycles. The van der Waals surface area contributed by atoms with Gasteiger partial charge in [0.15, 0.2) is 0 Å². The topological polar surface area (TPSA) is 38.3 Å². The van der Waals surface area contributed by atoms with Crippen LogP contribution in [0.1, 0.15) is 13.8 Å². The fourth-order valence-corrected chi connectivity index (χ4v) is 0.776. The summed E-state index contributed by atoms with van der Waals surface area (Å²) >= 11 is 0. The highest BCUT2D eigenvalue weighted by Gasteiger charge is 2.18. The molecule has 0 aliphatic carbocycles. The van der Waals surface area contributed by atoms with Gasteiger partial charge in [0.1, 0.15) is 0 Å². The molecule has 0 rings (SSSR count). The van der Waals surface area contributed by atoms with Crippen LogP contribution in [-0.2, 0) is 9.32 Å². The van der Waals surface area contributed by atoms with Crippen LogP contribution in [0.5, 0.6) is 0 Å². The fraction of sp³-hybridized carbons (Fsp3) is 0.833. The van der Waals surface area contributed by atoms with Gasteiger partial charge in [-0.25, -0.2) is 0 Å². The van der Waals surface area contributed by atoms with Crippen molar-refractivity contribution in [2.45, 2.75) is 19.9 Å². The third-order valence-corrected chi connectivity index (χ3v) is 1.93. The van der Waals surface area contributed by atoms with Crippen molar-refractivity contribution in [3.63, 3.8) is 0 Å². The third kappa shape index (κ3) is 2.63. The summed E-state index contributed by atoms with van der Waals surface area (Å²) in [6.45, 7) is 3.76. The van der Waals surface area contributed by atoms with Crippen LogP contribution in [0.3, 0.4) is 0 Å². The molecule has 0 aliphatic heterocycles. The molecule has 0 heterocycles. The van der Waals surface area contributed by atoms with E-state index in [4.69, 9.17) is 0 Å². The van der Waals surface area contributed by atoms with E-state index in [2.05, 4.69) is 9.84 Å². The van der Waals surface area contributed by atoms with Crippen molar-refractivity contribution in [3.8, 4) is 0 Å². The number of hydrogen-bond acceptors (Lipinski definition) is 3. The van der Waals surface area contributed by atoms with Gasteiger partial charge >= 0.3 is 5.97 Å². The summed E-state index contributed by atoms with van der Waals surface area (Å²) in [4.78, 5) is 10.8. The zero-order chi connectivity index (χ0) is 8.15. The first-order valence-electron chi connectivity index (χ1n) is 3.21. The van der Waals surface area contributed by atoms with Crippen molar-refractivity contribution >= 4 is 15.4 Å². The molecule has 0 saturated heterocycles. The molecule has 0 spiro atoms. The Morgan fingerprint density at radius 1 is 1.60 bits per heavy atom. The quantitative estimate of drug-likeness (QED) is 0.618. The molecule has 4 heteroatoms. The molecular formula is C6H14NO2P. The van der Waals surface area contributed by atoms with E-state index in [0.29, 0.717) is 0 Å². The molecule has 0 bridgehead atoms. The molecule has 0 aromatic rings. The van der Waals surface area contributed by atoms with Gasteiger partial charge in [-0.2, -0.15) is 0 Å². The van der Waals surface area contributed by atoms with Gasteiger partial charge in [-0.05, 0) is 14.0 Å². The van der Waals surface area contributed by atoms with E-state index >= 15 is 0 Å². The lowest BCUT2D eigenvalue weighted by atomic mass is 10.1. The van der Waals surface area contributed by atoms with Crippen molar-refractivity contribution in [1.82, 2.24) is 5.32 Å². The van der Waals surface area contributed by atoms with Crippen LogP contribution in [-0.4, -0.2) is 19.1 Å². The normalized spacial score (nSPS) is 16.0. The van der Waals surface area contributed by atoms with E-state index in [1.165, 1.54) is 0 Å². The maximum Gasteiger partial charge on any atom is 0.312 e. The molecule has 10 heavy (non-hydrogen) atoms. The standard InChI is InChI=1S/C6H14NO2P/c1-4(5(2)7-3)6(8)9-10/h4-5,7H,10H2,1-3H3. The lowest BCUT2D eigenvalue weighted by Gasteiger charge is -2.15. The summed E-state index contributed by atoms with van der Waals surface area (Å²) in [5.41, 5.74) is 0. The van der Waals surface area contributed by atoms with Crippen LogP contribution in [0.2, 0.25) is 0 Å². The minimum Gasteiger partial charge on any atom is -0.451 e. The van der Waals surface area contributed by atoms with Gasteiger partial charge in [-0.1, -0.05) is 6.92 Å². The van der Waals surface area contributed by atoms with E-state index in [1.54, 1.807) is 0 Å². The zero-order valence-electron chi connectivity index (χ0n) is 6.55. The fourth-order valence-electron chi connectivity index (χ4n) is 0.561. The highest BCUT2D eigenvalue weighted by atomic mass is 31.0. The molecule has 1 N–H and O–H groups in total. The smallest absolute Gasteiger partial charge is 0.312 e. The maximum atomic E-state index is 10.8. The Morgan fingerprint density at radius 3 is 2.40 bits per heavy atom. The van der Waals surface area contributed by atoms with Gasteiger partial charge < -0.3 is 9.84 Å². The Labute approximate surface area is 63.8 Å². The molecule has 0 aromatic heterocycles. The average molecular weight is 163 g/mol. The van der Waals surface area contributed by atoms with E-state index in [1.807, 2.05) is 30.4 Å². The largest absolute Gasteiger partial charge is 0.451 e. The van der Waals surface area contributed by atoms with Crippen molar-refractivity contribution in [2.75, 3.05) is 7.05 Å². The van der Waals surface area contributed by atoms with E-state index in [-0.39, 0.29) is 17.9 Å². The molecular weight excluding hydrogens is 149 g/mol. The highest BCUT2D eigenvalue weighted by Crippen LogP contribution is 2.06. The van der Waals surface area contributed by atoms with Crippen molar-refractivity contribution in [1.29, 1.82) is 0 Å². The SMILES string of the molecule is CNC(C)C(C)C(=O)OP. The molecule has 0 fully saturated rings. The third-order valence-electron chi connectivity index (χ3n) is 1.69. The maximum absolute atomic E-state index is 10.8. The first-order valence-corrected chi connectivity index (χ1v) is 3.68. The molecule has 3 atom stereocenters. The monoisotopic (exact) mass is 163 g/mol. The number of nitrogens with one attached hydrogen (secondary N) is 1. The summed E-state index contributed by atoms with van der Waals surface area (Å²) < 4.78 is 4.47. The van der Waals surface area contributed by atoms with Crippen molar-refractivity contribution < 1.29 is 9.32 Å². The number of hydrogen-bond donors (Lipinski definition) is 1. The summed E-state index contributed by atoms with van der Waals surface area (Å²) in [6, 6.07) is 0.160. The predicted molar refractivity (Wildman–Crippen MR) is 43.5 cm³/mol. The number of carbonyl (C=O) groups excluding carboxylic acids is 1. The van der Waals surface area contributed by atoms with Crippen LogP contribution in [0.15, 0.2) is 0 Å². The summed E-state index contributed by atoms with van der Waals surface area (Å²) in [5.74, 6) is -0.297. The second kappa shape index (κ2) is 4.64. The average Bonchev–Trinajstić information content (AvgIpc) is 2.00. The predicted octanol–water partition coefficient (Wildman–Crippen LogP) is 0.564. The molecule has 0 radical (unpaired) electrons. The molecule has 0 amide bonds. The van der Waals surface area contributed by atoms with Crippen LogP contribution in [0.4, 0.5) is 0 Å². The second-order valence-electron chi connectivity index (χ2n) is 2.30. The second-order valence-corrected chi connectivity index (χ2v) is 2.54. The van der Waals surface area contributed by atoms with Crippen LogP contribution in [0, 0.1) is 5.92 Å².